The zero-order chi connectivity index (χ0) is 14.2. The highest BCUT2D eigenvalue weighted by Crippen LogP contribution is 2.28. The van der Waals surface area contributed by atoms with Crippen LogP contribution in [0.3, 0.4) is 0 Å². The van der Waals surface area contributed by atoms with Crippen molar-refractivity contribution in [3.63, 3.8) is 0 Å². The summed E-state index contributed by atoms with van der Waals surface area (Å²) in [6.07, 6.45) is 1.84. The molecule has 0 unspecified atom stereocenters. The van der Waals surface area contributed by atoms with Gasteiger partial charge in [-0.15, -0.1) is 0 Å². The van der Waals surface area contributed by atoms with E-state index in [2.05, 4.69) is 40.2 Å². The fourth-order valence-electron chi connectivity index (χ4n) is 3.11. The van der Waals surface area contributed by atoms with Crippen LogP contribution in [0.2, 0.25) is 0 Å². The van der Waals surface area contributed by atoms with Crippen LogP contribution in [-0.2, 0) is 19.6 Å². The van der Waals surface area contributed by atoms with Gasteiger partial charge >= 0.3 is 0 Å². The van der Waals surface area contributed by atoms with E-state index in [-0.39, 0.29) is 0 Å². The Morgan fingerprint density at radius 2 is 2.00 bits per heavy atom. The minimum absolute atomic E-state index is 0.915. The predicted octanol–water partition coefficient (Wildman–Crippen LogP) is 3.33. The second kappa shape index (κ2) is 4.86. The Balaban J connectivity index is 1.58. The van der Waals surface area contributed by atoms with Gasteiger partial charge in [-0.05, 0) is 41.0 Å². The van der Waals surface area contributed by atoms with Crippen molar-refractivity contribution >= 4 is 16.6 Å². The first-order valence-corrected chi connectivity index (χ1v) is 7.22. The highest BCUT2D eigenvalue weighted by molar-refractivity contribution is 5.78. The van der Waals surface area contributed by atoms with Crippen LogP contribution >= 0.6 is 0 Å². The van der Waals surface area contributed by atoms with Gasteiger partial charge in [0.1, 0.15) is 0 Å². The Kier molecular flexibility index (Phi) is 2.86. The summed E-state index contributed by atoms with van der Waals surface area (Å²) in [7, 11) is 0. The van der Waals surface area contributed by atoms with Gasteiger partial charge in [0.25, 0.3) is 0 Å². The lowest BCUT2D eigenvalue weighted by atomic mass is 10.1. The van der Waals surface area contributed by atoms with Gasteiger partial charge < -0.3 is 5.73 Å². The number of nitrogens with two attached hydrogens (primary N) is 1. The molecule has 0 fully saturated rings. The summed E-state index contributed by atoms with van der Waals surface area (Å²) >= 11 is 0. The number of nitrogens with zero attached hydrogens (tertiary/aromatic N) is 2. The van der Waals surface area contributed by atoms with Crippen LogP contribution in [-0.4, -0.2) is 9.88 Å². The Morgan fingerprint density at radius 3 is 2.90 bits per heavy atom. The lowest BCUT2D eigenvalue weighted by Gasteiger charge is -2.15. The van der Waals surface area contributed by atoms with Gasteiger partial charge in [-0.2, -0.15) is 0 Å². The molecule has 3 heteroatoms. The normalized spacial score (nSPS) is 14.5. The smallest absolute Gasteiger partial charge is 0.0702 e. The van der Waals surface area contributed by atoms with Crippen molar-refractivity contribution in [3.8, 4) is 0 Å². The summed E-state index contributed by atoms with van der Waals surface area (Å²) < 4.78 is 0. The molecule has 0 saturated heterocycles. The van der Waals surface area contributed by atoms with E-state index in [9.17, 15) is 0 Å². The van der Waals surface area contributed by atoms with Crippen molar-refractivity contribution < 1.29 is 0 Å². The van der Waals surface area contributed by atoms with Gasteiger partial charge in [0, 0.05) is 36.9 Å². The molecule has 1 aromatic heterocycles. The number of rotatable bonds is 2. The summed E-state index contributed by atoms with van der Waals surface area (Å²) in [5.74, 6) is 0. The molecule has 2 aromatic carbocycles. The van der Waals surface area contributed by atoms with E-state index in [1.165, 1.54) is 22.1 Å². The molecule has 0 atom stereocenters. The summed E-state index contributed by atoms with van der Waals surface area (Å²) in [6, 6.07) is 16.8. The number of fused-ring (bicyclic) bond motifs is 2. The number of hydrogen-bond donors (Lipinski definition) is 1. The van der Waals surface area contributed by atoms with Crippen molar-refractivity contribution in [2.45, 2.75) is 19.6 Å². The van der Waals surface area contributed by atoms with Crippen LogP contribution in [0.15, 0.2) is 54.7 Å². The van der Waals surface area contributed by atoms with E-state index in [0.717, 1.165) is 30.8 Å². The summed E-state index contributed by atoms with van der Waals surface area (Å²) in [5, 5.41) is 1.20. The van der Waals surface area contributed by atoms with Crippen LogP contribution in [0.25, 0.3) is 10.9 Å². The van der Waals surface area contributed by atoms with Crippen molar-refractivity contribution in [1.29, 1.82) is 0 Å². The van der Waals surface area contributed by atoms with E-state index in [1.54, 1.807) is 0 Å². The Bertz CT molecular complexity index is 810. The number of pyridine rings is 1. The summed E-state index contributed by atoms with van der Waals surface area (Å²) in [6.45, 7) is 2.86. The van der Waals surface area contributed by atoms with Crippen molar-refractivity contribution in [2.24, 2.45) is 0 Å². The molecular weight excluding hydrogens is 258 g/mol. The van der Waals surface area contributed by atoms with Gasteiger partial charge in [0.15, 0.2) is 0 Å². The number of aromatic nitrogens is 1. The van der Waals surface area contributed by atoms with Gasteiger partial charge in [-0.25, -0.2) is 0 Å². The molecule has 21 heavy (non-hydrogen) atoms. The monoisotopic (exact) mass is 275 g/mol. The first-order valence-electron chi connectivity index (χ1n) is 7.22. The molecule has 3 aromatic rings. The van der Waals surface area contributed by atoms with Crippen LogP contribution < -0.4 is 5.73 Å². The fourth-order valence-corrected chi connectivity index (χ4v) is 3.11. The molecule has 0 aliphatic carbocycles. The molecule has 4 rings (SSSR count). The molecule has 0 amide bonds. The summed E-state index contributed by atoms with van der Waals surface area (Å²) in [5.41, 5.74) is 12.0. The van der Waals surface area contributed by atoms with Gasteiger partial charge in [-0.3, -0.25) is 9.88 Å². The molecule has 0 bridgehead atoms. The SMILES string of the molecule is Nc1cccc2c1CN(Cc1ccc3ncccc3c1)C2. The van der Waals surface area contributed by atoms with E-state index in [0.29, 0.717) is 0 Å². The molecule has 104 valence electrons. The third-order valence-corrected chi connectivity index (χ3v) is 4.16. The molecule has 1 aliphatic heterocycles. The lowest BCUT2D eigenvalue weighted by Crippen LogP contribution is -2.15. The summed E-state index contributed by atoms with van der Waals surface area (Å²) in [4.78, 5) is 6.80. The Morgan fingerprint density at radius 1 is 1.05 bits per heavy atom. The van der Waals surface area contributed by atoms with E-state index in [4.69, 9.17) is 5.73 Å². The topological polar surface area (TPSA) is 42.1 Å². The number of anilines is 1. The Labute approximate surface area is 124 Å². The quantitative estimate of drug-likeness (QED) is 0.729. The molecule has 3 nitrogen and oxygen atoms in total. The standard InChI is InChI=1S/C18H17N3/c19-17-5-1-3-15-11-21(12-16(15)17)10-13-6-7-18-14(9-13)4-2-8-20-18/h1-9H,10-12,19H2. The molecule has 0 saturated carbocycles. The average molecular weight is 275 g/mol. The van der Waals surface area contributed by atoms with Crippen molar-refractivity contribution in [2.75, 3.05) is 5.73 Å². The number of hydrogen-bond acceptors (Lipinski definition) is 3. The van der Waals surface area contributed by atoms with Crippen LogP contribution in [0.1, 0.15) is 16.7 Å². The minimum atomic E-state index is 0.915. The van der Waals surface area contributed by atoms with Crippen molar-refractivity contribution in [1.82, 2.24) is 9.88 Å². The lowest BCUT2D eigenvalue weighted by molar-refractivity contribution is 0.276. The molecule has 2 N–H and O–H groups in total. The zero-order valence-electron chi connectivity index (χ0n) is 11.8. The highest BCUT2D eigenvalue weighted by atomic mass is 15.1. The first-order chi connectivity index (χ1) is 10.3. The van der Waals surface area contributed by atoms with Gasteiger partial charge in [0.05, 0.1) is 5.52 Å². The van der Waals surface area contributed by atoms with E-state index < -0.39 is 0 Å². The van der Waals surface area contributed by atoms with Crippen molar-refractivity contribution in [3.05, 3.63) is 71.4 Å². The van der Waals surface area contributed by atoms with Crippen LogP contribution in [0, 0.1) is 0 Å². The molecule has 0 spiro atoms. The average Bonchev–Trinajstić information content (AvgIpc) is 2.91. The van der Waals surface area contributed by atoms with E-state index in [1.807, 2.05) is 24.4 Å². The second-order valence-corrected chi connectivity index (χ2v) is 5.66. The van der Waals surface area contributed by atoms with Crippen LogP contribution in [0.5, 0.6) is 0 Å². The maximum atomic E-state index is 6.07. The third-order valence-electron chi connectivity index (χ3n) is 4.16. The largest absolute Gasteiger partial charge is 0.398 e. The Hall–Kier alpha value is -2.39. The maximum Gasteiger partial charge on any atom is 0.0702 e. The molecule has 0 radical (unpaired) electrons. The molecular formula is C18H17N3. The molecule has 2 heterocycles. The number of benzene rings is 2. The third kappa shape index (κ3) is 2.26. The molecule has 1 aliphatic rings. The number of nitrogen functional groups attached to an aromatic ring is 1. The predicted molar refractivity (Wildman–Crippen MR) is 85.5 cm³/mol. The van der Waals surface area contributed by atoms with Gasteiger partial charge in [0.2, 0.25) is 0 Å². The van der Waals surface area contributed by atoms with E-state index >= 15 is 0 Å². The van der Waals surface area contributed by atoms with Crippen LogP contribution in [0.4, 0.5) is 5.69 Å². The first kappa shape index (κ1) is 12.4. The fraction of sp³-hybridized carbons (Fsp3) is 0.167. The van der Waals surface area contributed by atoms with Gasteiger partial charge in [-0.1, -0.05) is 24.3 Å². The second-order valence-electron chi connectivity index (χ2n) is 5.66. The highest BCUT2D eigenvalue weighted by Gasteiger charge is 2.20. The minimum Gasteiger partial charge on any atom is -0.398 e. The maximum absolute atomic E-state index is 6.07. The zero-order valence-corrected chi connectivity index (χ0v) is 11.8.